The lowest BCUT2D eigenvalue weighted by molar-refractivity contribution is -0.118. The standard InChI is InChI=1S/C14H19N5OS/c1-3-8-16-12(20)9-21-14-18-17-13(19(14)15)11-6-4-10(2)5-7-11/h4-7H,3,8-9,15H2,1-2H3,(H,16,20). The Kier molecular flexibility index (Phi) is 5.21. The molecule has 1 aromatic carbocycles. The summed E-state index contributed by atoms with van der Waals surface area (Å²) in [7, 11) is 0. The van der Waals surface area contributed by atoms with Crippen LogP contribution in [-0.4, -0.2) is 33.1 Å². The third kappa shape index (κ3) is 3.98. The van der Waals surface area contributed by atoms with E-state index in [2.05, 4.69) is 15.5 Å². The minimum absolute atomic E-state index is 0.0262. The molecule has 0 saturated carbocycles. The van der Waals surface area contributed by atoms with E-state index in [4.69, 9.17) is 5.84 Å². The van der Waals surface area contributed by atoms with Gasteiger partial charge in [0, 0.05) is 12.1 Å². The molecule has 0 bridgehead atoms. The number of nitrogen functional groups attached to an aromatic ring is 1. The van der Waals surface area contributed by atoms with Crippen molar-refractivity contribution in [1.29, 1.82) is 0 Å². The molecule has 0 aliphatic carbocycles. The molecule has 0 fully saturated rings. The van der Waals surface area contributed by atoms with Crippen molar-refractivity contribution >= 4 is 17.7 Å². The molecule has 0 spiro atoms. The van der Waals surface area contributed by atoms with Crippen molar-refractivity contribution in [2.75, 3.05) is 18.1 Å². The maximum Gasteiger partial charge on any atom is 0.230 e. The maximum absolute atomic E-state index is 11.6. The molecule has 2 aromatic rings. The van der Waals surface area contributed by atoms with Crippen molar-refractivity contribution in [2.45, 2.75) is 25.4 Å². The molecule has 0 aliphatic rings. The summed E-state index contributed by atoms with van der Waals surface area (Å²) in [6, 6.07) is 7.89. The Morgan fingerprint density at radius 2 is 2.05 bits per heavy atom. The molecule has 6 nitrogen and oxygen atoms in total. The quantitative estimate of drug-likeness (QED) is 0.625. The summed E-state index contributed by atoms with van der Waals surface area (Å²) >= 11 is 1.28. The highest BCUT2D eigenvalue weighted by Gasteiger charge is 2.13. The summed E-state index contributed by atoms with van der Waals surface area (Å²) in [4.78, 5) is 11.6. The van der Waals surface area contributed by atoms with Crippen LogP contribution in [-0.2, 0) is 4.79 Å². The zero-order valence-corrected chi connectivity index (χ0v) is 13.0. The number of amides is 1. The number of nitrogens with zero attached hydrogens (tertiary/aromatic N) is 3. The van der Waals surface area contributed by atoms with Crippen LogP contribution in [0, 0.1) is 6.92 Å². The van der Waals surface area contributed by atoms with E-state index in [1.54, 1.807) is 0 Å². The summed E-state index contributed by atoms with van der Waals surface area (Å²) in [6.45, 7) is 4.72. The Morgan fingerprint density at radius 1 is 1.33 bits per heavy atom. The van der Waals surface area contributed by atoms with E-state index >= 15 is 0 Å². The Balaban J connectivity index is 2.03. The fourth-order valence-corrected chi connectivity index (χ4v) is 2.41. The monoisotopic (exact) mass is 305 g/mol. The average molecular weight is 305 g/mol. The third-order valence-electron chi connectivity index (χ3n) is 2.88. The topological polar surface area (TPSA) is 85.8 Å². The Bertz CT molecular complexity index is 608. The first kappa shape index (κ1) is 15.4. The van der Waals surface area contributed by atoms with Crippen LogP contribution in [0.15, 0.2) is 29.4 Å². The van der Waals surface area contributed by atoms with Crippen LogP contribution in [0.4, 0.5) is 0 Å². The van der Waals surface area contributed by atoms with Gasteiger partial charge in [-0.3, -0.25) is 4.79 Å². The van der Waals surface area contributed by atoms with Gasteiger partial charge in [-0.15, -0.1) is 10.2 Å². The van der Waals surface area contributed by atoms with Gasteiger partial charge in [-0.1, -0.05) is 48.5 Å². The molecule has 1 amide bonds. The van der Waals surface area contributed by atoms with Crippen LogP contribution in [0.25, 0.3) is 11.4 Å². The van der Waals surface area contributed by atoms with E-state index in [0.717, 1.165) is 12.0 Å². The number of aromatic nitrogens is 3. The number of carbonyl (C=O) groups is 1. The molecule has 0 aliphatic heterocycles. The third-order valence-corrected chi connectivity index (χ3v) is 3.82. The van der Waals surface area contributed by atoms with Crippen molar-refractivity contribution in [3.8, 4) is 11.4 Å². The molecule has 1 heterocycles. The summed E-state index contributed by atoms with van der Waals surface area (Å²) < 4.78 is 1.42. The largest absolute Gasteiger partial charge is 0.355 e. The number of nitrogens with one attached hydrogen (secondary N) is 1. The van der Waals surface area contributed by atoms with Gasteiger partial charge in [0.2, 0.25) is 11.1 Å². The highest BCUT2D eigenvalue weighted by molar-refractivity contribution is 7.99. The normalized spacial score (nSPS) is 10.6. The number of hydrogen-bond donors (Lipinski definition) is 2. The second-order valence-corrected chi connectivity index (χ2v) is 5.62. The zero-order chi connectivity index (χ0) is 15.2. The smallest absolute Gasteiger partial charge is 0.230 e. The number of carbonyl (C=O) groups excluding carboxylic acids is 1. The minimum Gasteiger partial charge on any atom is -0.355 e. The number of thioether (sulfide) groups is 1. The second-order valence-electron chi connectivity index (χ2n) is 4.68. The van der Waals surface area contributed by atoms with Crippen molar-refractivity contribution in [3.63, 3.8) is 0 Å². The predicted octanol–water partition coefficient (Wildman–Crippen LogP) is 1.59. The predicted molar refractivity (Wildman–Crippen MR) is 84.4 cm³/mol. The van der Waals surface area contributed by atoms with Crippen molar-refractivity contribution in [3.05, 3.63) is 29.8 Å². The van der Waals surface area contributed by atoms with Crippen LogP contribution >= 0.6 is 11.8 Å². The molecule has 2 rings (SSSR count). The van der Waals surface area contributed by atoms with Gasteiger partial charge in [-0.2, -0.15) is 0 Å². The van der Waals surface area contributed by atoms with Crippen molar-refractivity contribution in [1.82, 2.24) is 20.2 Å². The Labute approximate surface area is 128 Å². The maximum atomic E-state index is 11.6. The zero-order valence-electron chi connectivity index (χ0n) is 12.2. The van der Waals surface area contributed by atoms with Gasteiger partial charge >= 0.3 is 0 Å². The number of hydrogen-bond acceptors (Lipinski definition) is 5. The lowest BCUT2D eigenvalue weighted by Crippen LogP contribution is -2.26. The second kappa shape index (κ2) is 7.12. The van der Waals surface area contributed by atoms with Crippen LogP contribution < -0.4 is 11.2 Å². The molecule has 7 heteroatoms. The fraction of sp³-hybridized carbons (Fsp3) is 0.357. The SMILES string of the molecule is CCCNC(=O)CSc1nnc(-c2ccc(C)cc2)n1N. The lowest BCUT2D eigenvalue weighted by atomic mass is 10.1. The molecule has 3 N–H and O–H groups in total. The molecule has 21 heavy (non-hydrogen) atoms. The number of benzene rings is 1. The first-order chi connectivity index (χ1) is 10.1. The molecule has 112 valence electrons. The molecule has 0 radical (unpaired) electrons. The van der Waals surface area contributed by atoms with Gasteiger partial charge in [0.05, 0.1) is 5.75 Å². The molecule has 0 unspecified atom stereocenters. The highest BCUT2D eigenvalue weighted by atomic mass is 32.2. The molecule has 1 aromatic heterocycles. The highest BCUT2D eigenvalue weighted by Crippen LogP contribution is 2.21. The van der Waals surface area contributed by atoms with Crippen molar-refractivity contribution in [2.24, 2.45) is 0 Å². The Morgan fingerprint density at radius 3 is 2.71 bits per heavy atom. The number of aryl methyl sites for hydroxylation is 1. The Hall–Kier alpha value is -2.02. The van der Waals surface area contributed by atoms with E-state index in [1.165, 1.54) is 22.0 Å². The van der Waals surface area contributed by atoms with Gasteiger partial charge in [-0.05, 0) is 13.3 Å². The molecular weight excluding hydrogens is 286 g/mol. The van der Waals surface area contributed by atoms with Crippen LogP contribution in [0.3, 0.4) is 0 Å². The fourth-order valence-electron chi connectivity index (χ4n) is 1.72. The van der Waals surface area contributed by atoms with E-state index in [0.29, 0.717) is 17.5 Å². The van der Waals surface area contributed by atoms with Crippen LogP contribution in [0.1, 0.15) is 18.9 Å². The van der Waals surface area contributed by atoms with Crippen LogP contribution in [0.2, 0.25) is 0 Å². The molecule has 0 atom stereocenters. The van der Waals surface area contributed by atoms with Gasteiger partial charge in [0.15, 0.2) is 5.82 Å². The summed E-state index contributed by atoms with van der Waals surface area (Å²) in [5, 5.41) is 11.5. The van der Waals surface area contributed by atoms with Gasteiger partial charge in [-0.25, -0.2) is 4.68 Å². The van der Waals surface area contributed by atoms with Gasteiger partial charge < -0.3 is 11.2 Å². The minimum atomic E-state index is -0.0262. The van der Waals surface area contributed by atoms with E-state index in [9.17, 15) is 4.79 Å². The summed E-state index contributed by atoms with van der Waals surface area (Å²) in [6.07, 6.45) is 0.918. The van der Waals surface area contributed by atoms with E-state index < -0.39 is 0 Å². The average Bonchev–Trinajstić information content (AvgIpc) is 2.85. The summed E-state index contributed by atoms with van der Waals surface area (Å²) in [5.74, 6) is 6.84. The molecule has 0 saturated heterocycles. The summed E-state index contributed by atoms with van der Waals surface area (Å²) in [5.41, 5.74) is 2.07. The lowest BCUT2D eigenvalue weighted by Gasteiger charge is -2.04. The number of nitrogens with two attached hydrogens (primary N) is 1. The first-order valence-electron chi connectivity index (χ1n) is 6.79. The first-order valence-corrected chi connectivity index (χ1v) is 7.77. The number of rotatable bonds is 6. The molecular formula is C14H19N5OS. The van der Waals surface area contributed by atoms with E-state index in [1.807, 2.05) is 38.1 Å². The van der Waals surface area contributed by atoms with Gasteiger partial charge in [0.25, 0.3) is 0 Å². The van der Waals surface area contributed by atoms with Gasteiger partial charge in [0.1, 0.15) is 0 Å². The van der Waals surface area contributed by atoms with E-state index in [-0.39, 0.29) is 11.7 Å². The van der Waals surface area contributed by atoms with Crippen LogP contribution in [0.5, 0.6) is 0 Å². The van der Waals surface area contributed by atoms with Crippen molar-refractivity contribution < 1.29 is 4.79 Å².